The standard InChI is InChI=1S/C25H18BrClN4O/c1-14-5-7-15(8-6-14)23-21-22(30-25-28-13-29-31(23)25)19-12-18(27)9-10-20(19)32-24(21)16-3-2-4-17(26)11-16/h2-13,23-24H,1H3,(H,28,29,30)/t23-,24-/m0/s1. The summed E-state index contributed by atoms with van der Waals surface area (Å²) in [6, 6.07) is 22.3. The SMILES string of the molecule is Cc1ccc([C@H]2C3=C(Nc4ncnn42)c2cc(Cl)ccc2O[C@H]3c2cccc(Br)c2)cc1. The minimum Gasteiger partial charge on any atom is -0.480 e. The van der Waals surface area contributed by atoms with Crippen LogP contribution in [-0.4, -0.2) is 14.8 Å². The highest BCUT2D eigenvalue weighted by Gasteiger charge is 2.41. The molecule has 32 heavy (non-hydrogen) atoms. The topological polar surface area (TPSA) is 52.0 Å². The van der Waals surface area contributed by atoms with Gasteiger partial charge in [0.2, 0.25) is 5.95 Å². The zero-order chi connectivity index (χ0) is 21.8. The molecule has 3 aromatic carbocycles. The molecule has 0 radical (unpaired) electrons. The first-order chi connectivity index (χ1) is 15.6. The van der Waals surface area contributed by atoms with Crippen LogP contribution in [0, 0.1) is 6.92 Å². The second-order valence-corrected chi connectivity index (χ2v) is 9.34. The Balaban J connectivity index is 1.64. The van der Waals surface area contributed by atoms with Crippen LogP contribution in [0.15, 0.2) is 83.1 Å². The number of fused-ring (bicyclic) bond motifs is 3. The van der Waals surface area contributed by atoms with Gasteiger partial charge in [-0.25, -0.2) is 4.68 Å². The second kappa shape index (κ2) is 7.50. The van der Waals surface area contributed by atoms with Crippen molar-refractivity contribution in [1.82, 2.24) is 14.8 Å². The summed E-state index contributed by atoms with van der Waals surface area (Å²) in [5.41, 5.74) is 6.33. The number of hydrogen-bond donors (Lipinski definition) is 1. The predicted octanol–water partition coefficient (Wildman–Crippen LogP) is 6.56. The minimum absolute atomic E-state index is 0.180. The Morgan fingerprint density at radius 1 is 1.03 bits per heavy atom. The van der Waals surface area contributed by atoms with Gasteiger partial charge in [0, 0.05) is 20.6 Å². The molecule has 0 aliphatic carbocycles. The van der Waals surface area contributed by atoms with Crippen molar-refractivity contribution < 1.29 is 4.74 Å². The lowest BCUT2D eigenvalue weighted by molar-refractivity contribution is 0.223. The van der Waals surface area contributed by atoms with Crippen LogP contribution in [0.4, 0.5) is 5.95 Å². The number of benzene rings is 3. The molecule has 5 nitrogen and oxygen atoms in total. The maximum atomic E-state index is 6.63. The molecule has 0 bridgehead atoms. The molecule has 7 heteroatoms. The Hall–Kier alpha value is -3.09. The van der Waals surface area contributed by atoms with E-state index in [0.717, 1.165) is 38.2 Å². The molecule has 0 saturated heterocycles. The molecule has 2 atom stereocenters. The van der Waals surface area contributed by atoms with Crippen LogP contribution >= 0.6 is 27.5 Å². The summed E-state index contributed by atoms with van der Waals surface area (Å²) >= 11 is 10.0. The van der Waals surface area contributed by atoms with E-state index in [1.54, 1.807) is 6.33 Å². The summed E-state index contributed by atoms with van der Waals surface area (Å²) < 4.78 is 9.55. The molecule has 2 aliphatic heterocycles. The number of ether oxygens (including phenoxy) is 1. The molecule has 0 amide bonds. The summed E-state index contributed by atoms with van der Waals surface area (Å²) in [5, 5.41) is 8.73. The molecule has 3 heterocycles. The van der Waals surface area contributed by atoms with Gasteiger partial charge in [0.15, 0.2) is 0 Å². The largest absolute Gasteiger partial charge is 0.480 e. The molecule has 158 valence electrons. The molecule has 6 rings (SSSR count). The molecule has 0 fully saturated rings. The van der Waals surface area contributed by atoms with Crippen molar-refractivity contribution >= 4 is 39.2 Å². The third kappa shape index (κ3) is 3.14. The number of nitrogens with one attached hydrogen (secondary N) is 1. The monoisotopic (exact) mass is 504 g/mol. The first-order valence-electron chi connectivity index (χ1n) is 10.3. The van der Waals surface area contributed by atoms with Crippen LogP contribution in [0.3, 0.4) is 0 Å². The molecule has 1 aromatic heterocycles. The van der Waals surface area contributed by atoms with Crippen molar-refractivity contribution in [2.24, 2.45) is 0 Å². The van der Waals surface area contributed by atoms with Crippen molar-refractivity contribution in [2.45, 2.75) is 19.1 Å². The third-order valence-electron chi connectivity index (χ3n) is 5.92. The van der Waals surface area contributed by atoms with Gasteiger partial charge < -0.3 is 10.1 Å². The van der Waals surface area contributed by atoms with E-state index < -0.39 is 0 Å². The Morgan fingerprint density at radius 2 is 1.88 bits per heavy atom. The molecular weight excluding hydrogens is 488 g/mol. The zero-order valence-electron chi connectivity index (χ0n) is 17.1. The first-order valence-corrected chi connectivity index (χ1v) is 11.4. The molecule has 0 unspecified atom stereocenters. The maximum Gasteiger partial charge on any atom is 0.226 e. The number of hydrogen-bond acceptors (Lipinski definition) is 4. The molecule has 0 saturated carbocycles. The fourth-order valence-electron chi connectivity index (χ4n) is 4.46. The fourth-order valence-corrected chi connectivity index (χ4v) is 5.04. The van der Waals surface area contributed by atoms with Gasteiger partial charge in [-0.2, -0.15) is 10.1 Å². The van der Waals surface area contributed by atoms with Crippen molar-refractivity contribution in [3.05, 3.63) is 110 Å². The Labute approximate surface area is 198 Å². The highest BCUT2D eigenvalue weighted by Crippen LogP contribution is 2.51. The lowest BCUT2D eigenvalue weighted by Crippen LogP contribution is -2.32. The van der Waals surface area contributed by atoms with Gasteiger partial charge in [-0.1, -0.05) is 69.5 Å². The summed E-state index contributed by atoms with van der Waals surface area (Å²) in [5.74, 6) is 1.47. The van der Waals surface area contributed by atoms with Crippen molar-refractivity contribution in [1.29, 1.82) is 0 Å². The van der Waals surface area contributed by atoms with Crippen LogP contribution in [0.1, 0.15) is 34.4 Å². The van der Waals surface area contributed by atoms with Gasteiger partial charge >= 0.3 is 0 Å². The lowest BCUT2D eigenvalue weighted by atomic mass is 9.84. The second-order valence-electron chi connectivity index (χ2n) is 7.99. The van der Waals surface area contributed by atoms with E-state index in [-0.39, 0.29) is 12.1 Å². The highest BCUT2D eigenvalue weighted by molar-refractivity contribution is 9.10. The minimum atomic E-state index is -0.313. The van der Waals surface area contributed by atoms with Gasteiger partial charge in [0.1, 0.15) is 24.2 Å². The summed E-state index contributed by atoms with van der Waals surface area (Å²) in [6.45, 7) is 2.09. The van der Waals surface area contributed by atoms with E-state index in [9.17, 15) is 0 Å². The van der Waals surface area contributed by atoms with E-state index in [4.69, 9.17) is 16.3 Å². The van der Waals surface area contributed by atoms with E-state index in [0.29, 0.717) is 11.0 Å². The Kier molecular flexibility index (Phi) is 4.59. The van der Waals surface area contributed by atoms with Crippen molar-refractivity contribution in [3.63, 3.8) is 0 Å². The average molecular weight is 506 g/mol. The molecule has 2 aliphatic rings. The smallest absolute Gasteiger partial charge is 0.226 e. The van der Waals surface area contributed by atoms with Gasteiger partial charge in [0.05, 0.1) is 5.70 Å². The van der Waals surface area contributed by atoms with Crippen LogP contribution < -0.4 is 10.1 Å². The lowest BCUT2D eigenvalue weighted by Gasteiger charge is -2.39. The summed E-state index contributed by atoms with van der Waals surface area (Å²) in [4.78, 5) is 4.47. The van der Waals surface area contributed by atoms with Crippen LogP contribution in [0.25, 0.3) is 5.70 Å². The molecule has 4 aromatic rings. The zero-order valence-corrected chi connectivity index (χ0v) is 19.4. The number of rotatable bonds is 2. The van der Waals surface area contributed by atoms with Crippen LogP contribution in [-0.2, 0) is 0 Å². The number of aromatic nitrogens is 3. The first kappa shape index (κ1) is 19.6. The van der Waals surface area contributed by atoms with E-state index in [1.807, 2.05) is 35.0 Å². The molecule has 0 spiro atoms. The predicted molar refractivity (Wildman–Crippen MR) is 129 cm³/mol. The normalized spacial score (nSPS) is 18.8. The third-order valence-corrected chi connectivity index (χ3v) is 6.65. The van der Waals surface area contributed by atoms with Gasteiger partial charge in [-0.05, 0) is 48.4 Å². The quantitative estimate of drug-likeness (QED) is 0.335. The fraction of sp³-hybridized carbons (Fsp3) is 0.120. The van der Waals surface area contributed by atoms with E-state index in [2.05, 4.69) is 74.7 Å². The average Bonchev–Trinajstić information content (AvgIpc) is 3.26. The number of anilines is 1. The number of halogens is 2. The van der Waals surface area contributed by atoms with E-state index >= 15 is 0 Å². The molecular formula is C25H18BrClN4O. The van der Waals surface area contributed by atoms with E-state index in [1.165, 1.54) is 5.56 Å². The van der Waals surface area contributed by atoms with Gasteiger partial charge in [-0.15, -0.1) is 0 Å². The van der Waals surface area contributed by atoms with Crippen molar-refractivity contribution in [3.8, 4) is 5.75 Å². The molecule has 1 N–H and O–H groups in total. The Bertz CT molecular complexity index is 1380. The summed E-state index contributed by atoms with van der Waals surface area (Å²) in [6.07, 6.45) is 1.27. The number of aryl methyl sites for hydroxylation is 1. The maximum absolute atomic E-state index is 6.63. The number of nitrogens with zero attached hydrogens (tertiary/aromatic N) is 3. The van der Waals surface area contributed by atoms with Crippen molar-refractivity contribution in [2.75, 3.05) is 5.32 Å². The van der Waals surface area contributed by atoms with Gasteiger partial charge in [-0.3, -0.25) is 0 Å². The van der Waals surface area contributed by atoms with Crippen LogP contribution in [0.5, 0.6) is 5.75 Å². The highest BCUT2D eigenvalue weighted by atomic mass is 79.9. The van der Waals surface area contributed by atoms with Crippen LogP contribution in [0.2, 0.25) is 5.02 Å². The summed E-state index contributed by atoms with van der Waals surface area (Å²) in [7, 11) is 0. The van der Waals surface area contributed by atoms with Gasteiger partial charge in [0.25, 0.3) is 0 Å². The Morgan fingerprint density at radius 3 is 2.69 bits per heavy atom.